The summed E-state index contributed by atoms with van der Waals surface area (Å²) in [6.07, 6.45) is 7.54. The Kier molecular flexibility index (Phi) is 5.65. The number of ether oxygens (including phenoxy) is 3. The Hall–Kier alpha value is -1.59. The number of carbonyl (C=O) groups is 3. The van der Waals surface area contributed by atoms with Crippen molar-refractivity contribution in [3.05, 3.63) is 0 Å². The molecule has 6 nitrogen and oxygen atoms in total. The number of rotatable bonds is 5. The Morgan fingerprint density at radius 1 is 0.789 bits per heavy atom. The third-order valence-electron chi connectivity index (χ3n) is 14.0. The van der Waals surface area contributed by atoms with Gasteiger partial charge in [0.05, 0.1) is 18.4 Å². The Bertz CT molecular complexity index is 1030. The molecule has 14 unspecified atom stereocenters. The van der Waals surface area contributed by atoms with E-state index in [-0.39, 0.29) is 34.8 Å². The van der Waals surface area contributed by atoms with E-state index >= 15 is 0 Å². The third-order valence-corrected chi connectivity index (χ3v) is 14.0. The van der Waals surface area contributed by atoms with Crippen LogP contribution in [0.25, 0.3) is 0 Å². The minimum absolute atomic E-state index is 0.0356. The lowest BCUT2D eigenvalue weighted by Crippen LogP contribution is -2.52. The van der Waals surface area contributed by atoms with Gasteiger partial charge in [-0.1, -0.05) is 27.7 Å². The van der Waals surface area contributed by atoms with Crippen LogP contribution in [0.15, 0.2) is 0 Å². The molecule has 6 saturated carbocycles. The number of esters is 3. The molecule has 0 amide bonds. The zero-order valence-electron chi connectivity index (χ0n) is 23.8. The van der Waals surface area contributed by atoms with Gasteiger partial charge in [0.1, 0.15) is 5.60 Å². The van der Waals surface area contributed by atoms with Crippen LogP contribution >= 0.6 is 0 Å². The molecule has 0 aromatic rings. The van der Waals surface area contributed by atoms with E-state index in [1.165, 1.54) is 19.3 Å². The van der Waals surface area contributed by atoms with E-state index in [2.05, 4.69) is 34.6 Å². The molecule has 7 rings (SSSR count). The lowest BCUT2D eigenvalue weighted by molar-refractivity contribution is -0.189. The molecule has 0 aromatic heterocycles. The second-order valence-electron chi connectivity index (χ2n) is 15.2. The molecule has 7 fully saturated rings. The maximum absolute atomic E-state index is 13.9. The monoisotopic (exact) mass is 526 g/mol. The van der Waals surface area contributed by atoms with Crippen LogP contribution in [-0.4, -0.2) is 36.2 Å². The van der Waals surface area contributed by atoms with Crippen molar-refractivity contribution in [2.75, 3.05) is 6.61 Å². The van der Waals surface area contributed by atoms with E-state index in [4.69, 9.17) is 14.2 Å². The highest BCUT2D eigenvalue weighted by Gasteiger charge is 2.66. The topological polar surface area (TPSA) is 78.9 Å². The summed E-state index contributed by atoms with van der Waals surface area (Å²) in [6, 6.07) is 0. The number of cyclic esters (lactones) is 1. The fourth-order valence-electron chi connectivity index (χ4n) is 11.6. The summed E-state index contributed by atoms with van der Waals surface area (Å²) >= 11 is 0. The smallest absolute Gasteiger partial charge is 0.347 e. The van der Waals surface area contributed by atoms with Gasteiger partial charge >= 0.3 is 17.9 Å². The SMILES string of the molecule is CC1C2CC(CC2C(=O)OC2CCOC2=O)C1C1C(C)C2CC(C(=O)OC3(C)C4CCC(C4)C3(C)C)C1C2. The summed E-state index contributed by atoms with van der Waals surface area (Å²) in [4.78, 5) is 38.8. The van der Waals surface area contributed by atoms with Crippen LogP contribution in [0.3, 0.4) is 0 Å². The zero-order chi connectivity index (χ0) is 26.7. The van der Waals surface area contributed by atoms with Crippen LogP contribution in [0, 0.1) is 76.4 Å². The maximum Gasteiger partial charge on any atom is 0.347 e. The minimum Gasteiger partial charge on any atom is -0.463 e. The van der Waals surface area contributed by atoms with E-state index in [9.17, 15) is 14.4 Å². The maximum atomic E-state index is 13.9. The van der Waals surface area contributed by atoms with E-state index in [1.54, 1.807) is 0 Å². The normalized spacial score (nSPS) is 53.5. The molecule has 1 heterocycles. The molecule has 7 aliphatic rings. The first-order valence-corrected chi connectivity index (χ1v) is 15.6. The quantitative estimate of drug-likeness (QED) is 0.352. The van der Waals surface area contributed by atoms with Gasteiger partial charge in [-0.05, 0) is 111 Å². The van der Waals surface area contributed by atoms with Crippen molar-refractivity contribution >= 4 is 17.9 Å². The van der Waals surface area contributed by atoms with Crippen molar-refractivity contribution in [1.82, 2.24) is 0 Å². The van der Waals surface area contributed by atoms with Crippen molar-refractivity contribution < 1.29 is 28.6 Å². The molecule has 0 N–H and O–H groups in total. The molecular weight excluding hydrogens is 480 g/mol. The summed E-state index contributed by atoms with van der Waals surface area (Å²) in [5.74, 6) is 4.63. The largest absolute Gasteiger partial charge is 0.463 e. The highest BCUT2D eigenvalue weighted by atomic mass is 16.6. The third kappa shape index (κ3) is 3.33. The number of carbonyl (C=O) groups excluding carboxylic acids is 3. The highest BCUT2D eigenvalue weighted by molar-refractivity contribution is 5.82. The van der Waals surface area contributed by atoms with Crippen LogP contribution in [0.2, 0.25) is 0 Å². The fourth-order valence-corrected chi connectivity index (χ4v) is 11.6. The Balaban J connectivity index is 1.04. The first-order valence-electron chi connectivity index (χ1n) is 15.6. The minimum atomic E-state index is -0.716. The Labute approximate surface area is 227 Å². The molecule has 0 aromatic carbocycles. The molecule has 1 aliphatic heterocycles. The van der Waals surface area contributed by atoms with Crippen LogP contribution in [-0.2, 0) is 28.6 Å². The summed E-state index contributed by atoms with van der Waals surface area (Å²) in [5, 5.41) is 0. The Morgan fingerprint density at radius 2 is 1.47 bits per heavy atom. The van der Waals surface area contributed by atoms with Gasteiger partial charge in [0.25, 0.3) is 0 Å². The molecule has 0 spiro atoms. The van der Waals surface area contributed by atoms with Crippen molar-refractivity contribution in [1.29, 1.82) is 0 Å². The van der Waals surface area contributed by atoms with E-state index < -0.39 is 12.1 Å². The fraction of sp³-hybridized carbons (Fsp3) is 0.906. The summed E-state index contributed by atoms with van der Waals surface area (Å²) in [5.41, 5.74) is -0.289. The van der Waals surface area contributed by atoms with Gasteiger partial charge in [-0.15, -0.1) is 0 Å². The summed E-state index contributed by atoms with van der Waals surface area (Å²) < 4.78 is 17.2. The number of fused-ring (bicyclic) bond motifs is 6. The second-order valence-corrected chi connectivity index (χ2v) is 15.2. The summed E-state index contributed by atoms with van der Waals surface area (Å²) in [7, 11) is 0. The second kappa shape index (κ2) is 8.46. The molecular formula is C32H46O6. The predicted octanol–water partition coefficient (Wildman–Crippen LogP) is 5.42. The molecule has 38 heavy (non-hydrogen) atoms. The van der Waals surface area contributed by atoms with E-state index in [0.717, 1.165) is 25.7 Å². The molecule has 210 valence electrons. The van der Waals surface area contributed by atoms with Gasteiger partial charge in [-0.2, -0.15) is 0 Å². The van der Waals surface area contributed by atoms with Gasteiger partial charge in [-0.25, -0.2) is 4.79 Å². The van der Waals surface area contributed by atoms with Crippen molar-refractivity contribution in [2.24, 2.45) is 76.4 Å². The zero-order valence-corrected chi connectivity index (χ0v) is 23.8. The van der Waals surface area contributed by atoms with Crippen molar-refractivity contribution in [3.63, 3.8) is 0 Å². The Morgan fingerprint density at radius 3 is 2.11 bits per heavy atom. The lowest BCUT2D eigenvalue weighted by atomic mass is 9.61. The van der Waals surface area contributed by atoms with Crippen molar-refractivity contribution in [2.45, 2.75) is 97.7 Å². The highest BCUT2D eigenvalue weighted by Crippen LogP contribution is 2.67. The number of hydrogen-bond donors (Lipinski definition) is 0. The molecule has 6 heteroatoms. The van der Waals surface area contributed by atoms with Gasteiger partial charge in [0, 0.05) is 11.8 Å². The van der Waals surface area contributed by atoms with Crippen molar-refractivity contribution in [3.8, 4) is 0 Å². The van der Waals surface area contributed by atoms with Gasteiger partial charge in [0.2, 0.25) is 6.10 Å². The molecule has 0 radical (unpaired) electrons. The standard InChI is InChI=1S/C32H46O6/c1-15-17-10-22(24(11-17)29(34)38-32(5)20-7-6-19(14-20)31(32,3)4)27(15)26-16(2)21-12-18(26)13-23(21)28(33)37-25-8-9-36-30(25)35/h15-27H,6-14H2,1-5H3. The molecule has 1 saturated heterocycles. The van der Waals surface area contributed by atoms with E-state index in [0.29, 0.717) is 72.2 Å². The van der Waals surface area contributed by atoms with Gasteiger partial charge in [-0.3, -0.25) is 9.59 Å². The predicted molar refractivity (Wildman–Crippen MR) is 139 cm³/mol. The first kappa shape index (κ1) is 25.4. The summed E-state index contributed by atoms with van der Waals surface area (Å²) in [6.45, 7) is 12.0. The first-order chi connectivity index (χ1) is 18.0. The van der Waals surface area contributed by atoms with Gasteiger partial charge < -0.3 is 14.2 Å². The van der Waals surface area contributed by atoms with Crippen LogP contribution < -0.4 is 0 Å². The average Bonchev–Trinajstić information content (AvgIpc) is 3.70. The van der Waals surface area contributed by atoms with Crippen LogP contribution in [0.4, 0.5) is 0 Å². The van der Waals surface area contributed by atoms with Crippen LogP contribution in [0.1, 0.15) is 86.0 Å². The molecule has 6 aliphatic carbocycles. The molecule has 14 atom stereocenters. The lowest BCUT2D eigenvalue weighted by Gasteiger charge is -2.48. The number of hydrogen-bond acceptors (Lipinski definition) is 6. The van der Waals surface area contributed by atoms with Crippen LogP contribution in [0.5, 0.6) is 0 Å². The van der Waals surface area contributed by atoms with Gasteiger partial charge in [0.15, 0.2) is 0 Å². The average molecular weight is 527 g/mol. The van der Waals surface area contributed by atoms with E-state index in [1.807, 2.05) is 0 Å². The molecule has 6 bridgehead atoms.